The van der Waals surface area contributed by atoms with Gasteiger partial charge in [-0.1, -0.05) is 121 Å². The van der Waals surface area contributed by atoms with Crippen molar-refractivity contribution in [2.24, 2.45) is 0 Å². The monoisotopic (exact) mass is 661 g/mol. The molecule has 10 aromatic rings. The Labute approximate surface area is 301 Å². The van der Waals surface area contributed by atoms with E-state index in [1.165, 1.54) is 66.0 Å². The smallest absolute Gasteiger partial charge is 0.0992 e. The van der Waals surface area contributed by atoms with Crippen molar-refractivity contribution in [3.63, 3.8) is 0 Å². The molecule has 8 aromatic carbocycles. The molecule has 0 radical (unpaired) electrons. The van der Waals surface area contributed by atoms with Crippen LogP contribution in [0, 0.1) is 11.3 Å². The van der Waals surface area contributed by atoms with Crippen LogP contribution in [0.5, 0.6) is 0 Å². The van der Waals surface area contributed by atoms with Crippen molar-refractivity contribution in [3.05, 3.63) is 194 Å². The van der Waals surface area contributed by atoms with Gasteiger partial charge < -0.3 is 9.13 Å². The van der Waals surface area contributed by atoms with Gasteiger partial charge in [-0.15, -0.1) is 0 Å². The summed E-state index contributed by atoms with van der Waals surface area (Å²) < 4.78 is 4.64. The second-order valence-corrected chi connectivity index (χ2v) is 13.3. The molecule has 0 atom stereocenters. The first-order valence-corrected chi connectivity index (χ1v) is 17.6. The number of benzene rings is 8. The number of hydrogen-bond acceptors (Lipinski definition) is 1. The summed E-state index contributed by atoms with van der Waals surface area (Å²) in [7, 11) is 0. The Balaban J connectivity index is 1.03. The minimum Gasteiger partial charge on any atom is -0.309 e. The zero-order chi connectivity index (χ0) is 34.6. The predicted octanol–water partition coefficient (Wildman–Crippen LogP) is 12.8. The van der Waals surface area contributed by atoms with Crippen molar-refractivity contribution in [1.82, 2.24) is 9.13 Å². The Kier molecular flexibility index (Phi) is 6.87. The number of fused-ring (bicyclic) bond motifs is 6. The Hall–Kier alpha value is -7.15. The molecule has 0 aliphatic rings. The fourth-order valence-corrected chi connectivity index (χ4v) is 7.89. The van der Waals surface area contributed by atoms with E-state index in [9.17, 15) is 5.26 Å². The average Bonchev–Trinajstić information content (AvgIpc) is 3.73. The van der Waals surface area contributed by atoms with E-state index in [1.54, 1.807) is 0 Å². The normalized spacial score (nSPS) is 11.4. The SMILES string of the molecule is N#Cc1cccc(-n2c3ccccc3c3cc(-c4ccc(-c5ccc6c(c5)c5ccccc5n6-c5cccc(-c6ccccc6)c5)cc4)ccc32)c1. The molecule has 52 heavy (non-hydrogen) atoms. The van der Waals surface area contributed by atoms with Crippen molar-refractivity contribution in [2.75, 3.05) is 0 Å². The molecule has 3 heteroatoms. The molecular formula is C49H31N3. The summed E-state index contributed by atoms with van der Waals surface area (Å²) in [5.74, 6) is 0. The highest BCUT2D eigenvalue weighted by Gasteiger charge is 2.16. The molecule has 0 amide bonds. The van der Waals surface area contributed by atoms with Gasteiger partial charge in [-0.3, -0.25) is 0 Å². The molecule has 3 nitrogen and oxygen atoms in total. The molecule has 10 rings (SSSR count). The lowest BCUT2D eigenvalue weighted by Gasteiger charge is -2.11. The maximum absolute atomic E-state index is 9.55. The molecule has 0 N–H and O–H groups in total. The van der Waals surface area contributed by atoms with Gasteiger partial charge >= 0.3 is 0 Å². The first-order valence-electron chi connectivity index (χ1n) is 17.6. The first kappa shape index (κ1) is 29.7. The summed E-state index contributed by atoms with van der Waals surface area (Å²) in [5, 5.41) is 14.4. The average molecular weight is 662 g/mol. The number of hydrogen-bond donors (Lipinski definition) is 0. The molecule has 242 valence electrons. The van der Waals surface area contributed by atoms with Gasteiger partial charge in [-0.25, -0.2) is 0 Å². The quantitative estimate of drug-likeness (QED) is 0.181. The van der Waals surface area contributed by atoms with Crippen molar-refractivity contribution in [3.8, 4) is 50.8 Å². The Morgan fingerprint density at radius 2 is 0.731 bits per heavy atom. The Morgan fingerprint density at radius 3 is 1.31 bits per heavy atom. The highest BCUT2D eigenvalue weighted by molar-refractivity contribution is 6.11. The largest absolute Gasteiger partial charge is 0.309 e. The van der Waals surface area contributed by atoms with Crippen LogP contribution in [-0.4, -0.2) is 9.13 Å². The molecule has 2 heterocycles. The zero-order valence-electron chi connectivity index (χ0n) is 28.2. The van der Waals surface area contributed by atoms with Gasteiger partial charge in [0.2, 0.25) is 0 Å². The number of aromatic nitrogens is 2. The van der Waals surface area contributed by atoms with Crippen molar-refractivity contribution in [1.29, 1.82) is 5.26 Å². The molecule has 2 aromatic heterocycles. The van der Waals surface area contributed by atoms with E-state index < -0.39 is 0 Å². The topological polar surface area (TPSA) is 33.6 Å². The summed E-state index contributed by atoms with van der Waals surface area (Å²) in [6.07, 6.45) is 0. The Morgan fingerprint density at radius 1 is 0.308 bits per heavy atom. The van der Waals surface area contributed by atoms with Crippen LogP contribution < -0.4 is 0 Å². The third kappa shape index (κ3) is 4.81. The van der Waals surface area contributed by atoms with E-state index >= 15 is 0 Å². The summed E-state index contributed by atoms with van der Waals surface area (Å²) in [5.41, 5.74) is 14.6. The number of nitriles is 1. The van der Waals surface area contributed by atoms with Gasteiger partial charge in [0.25, 0.3) is 0 Å². The van der Waals surface area contributed by atoms with Crippen molar-refractivity contribution < 1.29 is 0 Å². The Bertz CT molecular complexity index is 3010. The minimum absolute atomic E-state index is 0.652. The van der Waals surface area contributed by atoms with Gasteiger partial charge in [0.1, 0.15) is 0 Å². The molecular weight excluding hydrogens is 631 g/mol. The lowest BCUT2D eigenvalue weighted by molar-refractivity contribution is 1.18. The van der Waals surface area contributed by atoms with Gasteiger partial charge in [0.05, 0.1) is 33.7 Å². The molecule has 0 bridgehead atoms. The number of para-hydroxylation sites is 2. The van der Waals surface area contributed by atoms with Gasteiger partial charge in [0.15, 0.2) is 0 Å². The van der Waals surface area contributed by atoms with E-state index in [2.05, 4.69) is 185 Å². The van der Waals surface area contributed by atoms with Crippen molar-refractivity contribution in [2.45, 2.75) is 0 Å². The van der Waals surface area contributed by atoms with Gasteiger partial charge in [0, 0.05) is 32.9 Å². The fraction of sp³-hybridized carbons (Fsp3) is 0. The minimum atomic E-state index is 0.652. The predicted molar refractivity (Wildman–Crippen MR) is 216 cm³/mol. The zero-order valence-corrected chi connectivity index (χ0v) is 28.2. The fourth-order valence-electron chi connectivity index (χ4n) is 7.89. The van der Waals surface area contributed by atoms with Crippen molar-refractivity contribution >= 4 is 43.6 Å². The second kappa shape index (κ2) is 12.0. The summed E-state index contributed by atoms with van der Waals surface area (Å²) in [6, 6.07) is 69.2. The lowest BCUT2D eigenvalue weighted by Crippen LogP contribution is -1.94. The van der Waals surface area contributed by atoms with E-state index in [-0.39, 0.29) is 0 Å². The number of rotatable bonds is 5. The third-order valence-electron chi connectivity index (χ3n) is 10.3. The van der Waals surface area contributed by atoms with E-state index in [1.807, 2.05) is 18.2 Å². The van der Waals surface area contributed by atoms with Crippen LogP contribution in [0.15, 0.2) is 188 Å². The molecule has 0 fully saturated rings. The van der Waals surface area contributed by atoms with Crippen LogP contribution in [0.2, 0.25) is 0 Å². The molecule has 0 aliphatic heterocycles. The maximum atomic E-state index is 9.55. The highest BCUT2D eigenvalue weighted by Crippen LogP contribution is 2.38. The third-order valence-corrected chi connectivity index (χ3v) is 10.3. The summed E-state index contributed by atoms with van der Waals surface area (Å²) in [6.45, 7) is 0. The second-order valence-electron chi connectivity index (χ2n) is 13.3. The van der Waals surface area contributed by atoms with Gasteiger partial charge in [-0.2, -0.15) is 5.26 Å². The van der Waals surface area contributed by atoms with Crippen LogP contribution >= 0.6 is 0 Å². The standard InChI is InChI=1S/C49H31N3/c50-32-33-10-8-14-40(28-33)51-46-18-6-4-16-42(46)44-30-38(24-26-48(44)51)35-20-22-36(23-21-35)39-25-27-49-45(31-39)43-17-5-7-19-47(43)52(49)41-15-9-13-37(29-41)34-11-2-1-3-12-34/h1-31H. The van der Waals surface area contributed by atoms with Crippen LogP contribution in [0.1, 0.15) is 5.56 Å². The van der Waals surface area contributed by atoms with Crippen LogP contribution in [-0.2, 0) is 0 Å². The molecule has 0 saturated heterocycles. The lowest BCUT2D eigenvalue weighted by atomic mass is 9.98. The highest BCUT2D eigenvalue weighted by atomic mass is 15.0. The van der Waals surface area contributed by atoms with Crippen LogP contribution in [0.3, 0.4) is 0 Å². The first-order chi connectivity index (χ1) is 25.7. The van der Waals surface area contributed by atoms with Crippen LogP contribution in [0.4, 0.5) is 0 Å². The number of nitrogens with zero attached hydrogens (tertiary/aromatic N) is 3. The molecule has 0 aliphatic carbocycles. The molecule has 0 spiro atoms. The van der Waals surface area contributed by atoms with Crippen LogP contribution in [0.25, 0.3) is 88.4 Å². The maximum Gasteiger partial charge on any atom is 0.0992 e. The van der Waals surface area contributed by atoms with E-state index in [0.29, 0.717) is 5.56 Å². The summed E-state index contributed by atoms with van der Waals surface area (Å²) in [4.78, 5) is 0. The van der Waals surface area contributed by atoms with E-state index in [4.69, 9.17) is 0 Å². The molecule has 0 unspecified atom stereocenters. The van der Waals surface area contributed by atoms with E-state index in [0.717, 1.165) is 22.4 Å². The summed E-state index contributed by atoms with van der Waals surface area (Å²) >= 11 is 0. The molecule has 0 saturated carbocycles. The van der Waals surface area contributed by atoms with Gasteiger partial charge in [-0.05, 0) is 100 Å².